The Balaban J connectivity index is 1.46. The van der Waals surface area contributed by atoms with Gasteiger partial charge in [0, 0.05) is 33.9 Å². The summed E-state index contributed by atoms with van der Waals surface area (Å²) in [5.74, 6) is 0.435. The number of ether oxygens (including phenoxy) is 1. The van der Waals surface area contributed by atoms with Crippen molar-refractivity contribution in [3.05, 3.63) is 95.6 Å². The van der Waals surface area contributed by atoms with Crippen LogP contribution in [0.25, 0.3) is 32.6 Å². The minimum atomic E-state index is -0.374. The molecule has 1 aliphatic rings. The van der Waals surface area contributed by atoms with Crippen molar-refractivity contribution in [1.29, 1.82) is 0 Å². The third kappa shape index (κ3) is 3.70. The van der Waals surface area contributed by atoms with Crippen molar-refractivity contribution in [2.45, 2.75) is 52.2 Å². The van der Waals surface area contributed by atoms with Crippen LogP contribution in [0.3, 0.4) is 0 Å². The highest BCUT2D eigenvalue weighted by molar-refractivity contribution is 6.08. The summed E-state index contributed by atoms with van der Waals surface area (Å²) < 4.78 is 8.44. The summed E-state index contributed by atoms with van der Waals surface area (Å²) in [5.41, 5.74) is 5.21. The van der Waals surface area contributed by atoms with E-state index in [1.54, 1.807) is 0 Å². The number of para-hydroxylation sites is 1. The maximum Gasteiger partial charge on any atom is 0.339 e. The molecule has 0 N–H and O–H groups in total. The minimum Gasteiger partial charge on any atom is -0.449 e. The van der Waals surface area contributed by atoms with Crippen molar-refractivity contribution in [2.75, 3.05) is 0 Å². The number of carbonyl (C=O) groups is 1. The van der Waals surface area contributed by atoms with Gasteiger partial charge in [-0.05, 0) is 59.0 Å². The van der Waals surface area contributed by atoms with Gasteiger partial charge in [0.15, 0.2) is 6.10 Å². The van der Waals surface area contributed by atoms with E-state index in [1.807, 2.05) is 24.3 Å². The van der Waals surface area contributed by atoms with Gasteiger partial charge in [0.2, 0.25) is 0 Å². The first-order chi connectivity index (χ1) is 17.2. The number of nitrogens with zero attached hydrogens (tertiary/aromatic N) is 1. The van der Waals surface area contributed by atoms with Crippen LogP contribution in [0.15, 0.2) is 78.9 Å². The minimum absolute atomic E-state index is 0.236. The normalized spacial score (nSPS) is 16.2. The lowest BCUT2D eigenvalue weighted by atomic mass is 9.95. The summed E-state index contributed by atoms with van der Waals surface area (Å²) in [5, 5.41) is 4.69. The van der Waals surface area contributed by atoms with E-state index >= 15 is 0 Å². The molecule has 0 radical (unpaired) electrons. The second kappa shape index (κ2) is 8.88. The van der Waals surface area contributed by atoms with Crippen molar-refractivity contribution in [2.24, 2.45) is 5.92 Å². The number of fused-ring (bicyclic) bond motifs is 5. The Hall–Kier alpha value is -3.59. The maximum absolute atomic E-state index is 12.8. The number of carbonyl (C=O) groups excluding carboxylic acids is 1. The van der Waals surface area contributed by atoms with Crippen LogP contribution < -0.4 is 0 Å². The zero-order valence-electron chi connectivity index (χ0n) is 20.5. The summed E-state index contributed by atoms with van der Waals surface area (Å²) in [6, 6.07) is 27.6. The highest BCUT2D eigenvalue weighted by Gasteiger charge is 2.33. The Morgan fingerprint density at radius 3 is 2.40 bits per heavy atom. The topological polar surface area (TPSA) is 31.2 Å². The fourth-order valence-electron chi connectivity index (χ4n) is 5.74. The molecule has 4 aromatic carbocycles. The van der Waals surface area contributed by atoms with E-state index in [9.17, 15) is 4.79 Å². The van der Waals surface area contributed by atoms with Crippen LogP contribution in [0.5, 0.6) is 0 Å². The number of esters is 1. The average Bonchev–Trinajstić information content (AvgIpc) is 3.39. The van der Waals surface area contributed by atoms with Gasteiger partial charge < -0.3 is 9.30 Å². The Morgan fingerprint density at radius 2 is 1.60 bits per heavy atom. The molecule has 0 aliphatic carbocycles. The number of benzene rings is 4. The van der Waals surface area contributed by atoms with Gasteiger partial charge in [0.25, 0.3) is 0 Å². The summed E-state index contributed by atoms with van der Waals surface area (Å²) in [6.07, 6.45) is 4.60. The highest BCUT2D eigenvalue weighted by atomic mass is 16.5. The second-order valence-corrected chi connectivity index (χ2v) is 9.89. The van der Waals surface area contributed by atoms with Gasteiger partial charge in [0.1, 0.15) is 0 Å². The molecule has 1 aromatic heterocycles. The Kier molecular flexibility index (Phi) is 5.56. The first-order valence-corrected chi connectivity index (χ1v) is 12.9. The highest BCUT2D eigenvalue weighted by Crippen LogP contribution is 2.40. The van der Waals surface area contributed by atoms with Gasteiger partial charge >= 0.3 is 5.97 Å². The Morgan fingerprint density at radius 1 is 0.857 bits per heavy atom. The van der Waals surface area contributed by atoms with E-state index in [2.05, 4.69) is 73.0 Å². The van der Waals surface area contributed by atoms with Gasteiger partial charge in [-0.1, -0.05) is 81.6 Å². The fraction of sp³-hybridized carbons (Fsp3) is 0.281. The number of hydrogen-bond acceptors (Lipinski definition) is 2. The van der Waals surface area contributed by atoms with E-state index in [1.165, 1.54) is 47.5 Å². The molecule has 3 nitrogen and oxygen atoms in total. The van der Waals surface area contributed by atoms with Crippen molar-refractivity contribution < 1.29 is 9.53 Å². The van der Waals surface area contributed by atoms with E-state index in [-0.39, 0.29) is 12.1 Å². The molecule has 1 aliphatic heterocycles. The van der Waals surface area contributed by atoms with Gasteiger partial charge in [-0.3, -0.25) is 0 Å². The summed E-state index contributed by atoms with van der Waals surface area (Å²) in [6.45, 7) is 5.61. The van der Waals surface area contributed by atoms with Crippen molar-refractivity contribution >= 4 is 38.5 Å². The van der Waals surface area contributed by atoms with Gasteiger partial charge in [-0.2, -0.15) is 0 Å². The van der Waals surface area contributed by atoms with Crippen molar-refractivity contribution in [3.63, 3.8) is 0 Å². The number of unbranched alkanes of at least 4 members (excludes halogenated alkanes) is 1. The van der Waals surface area contributed by atoms with Gasteiger partial charge in [-0.15, -0.1) is 0 Å². The average molecular weight is 462 g/mol. The first kappa shape index (κ1) is 21.9. The lowest BCUT2D eigenvalue weighted by Gasteiger charge is -2.17. The molecule has 0 fully saturated rings. The van der Waals surface area contributed by atoms with Crippen LogP contribution in [-0.2, 0) is 11.3 Å². The van der Waals surface area contributed by atoms with E-state index in [4.69, 9.17) is 4.74 Å². The quantitative estimate of drug-likeness (QED) is 0.228. The summed E-state index contributed by atoms with van der Waals surface area (Å²) in [7, 11) is 0. The molecule has 5 aromatic rings. The Labute approximate surface area is 206 Å². The largest absolute Gasteiger partial charge is 0.449 e. The predicted molar refractivity (Wildman–Crippen MR) is 144 cm³/mol. The molecular formula is C32H31NO2. The lowest BCUT2D eigenvalue weighted by Crippen LogP contribution is -2.10. The third-order valence-corrected chi connectivity index (χ3v) is 7.73. The van der Waals surface area contributed by atoms with Crippen LogP contribution in [0.2, 0.25) is 0 Å². The van der Waals surface area contributed by atoms with Crippen molar-refractivity contribution in [3.8, 4) is 0 Å². The molecule has 0 amide bonds. The fourth-order valence-corrected chi connectivity index (χ4v) is 5.74. The van der Waals surface area contributed by atoms with Crippen molar-refractivity contribution in [1.82, 2.24) is 4.57 Å². The third-order valence-electron chi connectivity index (χ3n) is 7.73. The SMILES string of the molecule is CCCCC(CC)Cn1c2ccccc2c2cc(C3OC(=O)c4cc5ccccc5cc43)ccc21. The van der Waals surface area contributed by atoms with E-state index in [0.29, 0.717) is 11.5 Å². The first-order valence-electron chi connectivity index (χ1n) is 12.9. The van der Waals surface area contributed by atoms with E-state index < -0.39 is 0 Å². The number of hydrogen-bond donors (Lipinski definition) is 0. The molecule has 0 saturated heterocycles. The number of aromatic nitrogens is 1. The van der Waals surface area contributed by atoms with Crippen LogP contribution in [0.4, 0.5) is 0 Å². The molecule has 6 rings (SSSR count). The molecule has 0 bridgehead atoms. The summed E-state index contributed by atoms with van der Waals surface area (Å²) in [4.78, 5) is 12.8. The van der Waals surface area contributed by atoms with Gasteiger partial charge in [-0.25, -0.2) is 4.79 Å². The van der Waals surface area contributed by atoms with Crippen LogP contribution in [-0.4, -0.2) is 10.5 Å². The smallest absolute Gasteiger partial charge is 0.339 e. The standard InChI is InChI=1S/C32H31NO2/c1-3-5-10-21(4-2)20-33-29-14-9-8-13-25(29)26-19-24(15-16-30(26)33)31-27-17-22-11-6-7-12-23(22)18-28(27)32(34)35-31/h6-9,11-19,21,31H,3-5,10,20H2,1-2H3. The predicted octanol–water partition coefficient (Wildman–Crippen LogP) is 8.42. The van der Waals surface area contributed by atoms with Crippen LogP contribution in [0.1, 0.15) is 67.1 Å². The molecule has 0 spiro atoms. The zero-order valence-corrected chi connectivity index (χ0v) is 20.5. The van der Waals surface area contributed by atoms with Gasteiger partial charge in [0.05, 0.1) is 5.56 Å². The Bertz CT molecular complexity index is 1560. The molecule has 0 saturated carbocycles. The second-order valence-electron chi connectivity index (χ2n) is 9.89. The molecule has 2 unspecified atom stereocenters. The molecule has 2 atom stereocenters. The molecule has 3 heteroatoms. The summed E-state index contributed by atoms with van der Waals surface area (Å²) >= 11 is 0. The number of cyclic esters (lactones) is 1. The zero-order chi connectivity index (χ0) is 23.9. The maximum atomic E-state index is 12.8. The van der Waals surface area contributed by atoms with E-state index in [0.717, 1.165) is 28.4 Å². The monoisotopic (exact) mass is 461 g/mol. The molecular weight excluding hydrogens is 430 g/mol. The lowest BCUT2D eigenvalue weighted by molar-refractivity contribution is 0.0456. The molecule has 35 heavy (non-hydrogen) atoms. The van der Waals surface area contributed by atoms with Crippen LogP contribution >= 0.6 is 0 Å². The molecule has 2 heterocycles. The molecule has 176 valence electrons. The number of rotatable bonds is 7. The van der Waals surface area contributed by atoms with Crippen LogP contribution in [0, 0.1) is 5.92 Å².